The monoisotopic (exact) mass is 251 g/mol. The van der Waals surface area contributed by atoms with Gasteiger partial charge in [0, 0.05) is 19.1 Å². The lowest BCUT2D eigenvalue weighted by molar-refractivity contribution is -0.0800. The molecular weight excluding hydrogens is 226 g/mol. The zero-order valence-corrected chi connectivity index (χ0v) is 11.8. The van der Waals surface area contributed by atoms with Crippen LogP contribution in [0.15, 0.2) is 0 Å². The Labute approximate surface area is 110 Å². The zero-order chi connectivity index (χ0) is 13.2. The second kappa shape index (κ2) is 5.56. The van der Waals surface area contributed by atoms with E-state index in [-0.39, 0.29) is 5.54 Å². The van der Waals surface area contributed by atoms with Crippen molar-refractivity contribution >= 4 is 0 Å². The molecule has 2 rings (SSSR count). The molecule has 1 aliphatic heterocycles. The van der Waals surface area contributed by atoms with E-state index in [1.165, 1.54) is 0 Å². The van der Waals surface area contributed by atoms with Crippen molar-refractivity contribution in [2.24, 2.45) is 0 Å². The molecule has 2 unspecified atom stereocenters. The van der Waals surface area contributed by atoms with E-state index >= 15 is 0 Å². The van der Waals surface area contributed by atoms with Gasteiger partial charge in [-0.15, -0.1) is 0 Å². The van der Waals surface area contributed by atoms with Gasteiger partial charge in [-0.05, 0) is 39.7 Å². The van der Waals surface area contributed by atoms with E-state index in [9.17, 15) is 5.26 Å². The molecule has 0 amide bonds. The SMILES string of the molecule is CCNC1(C#N)CCC(N2C[C@@H](C)O[C@@H](C)C2)C1. The summed E-state index contributed by atoms with van der Waals surface area (Å²) in [6, 6.07) is 3.04. The molecule has 4 heteroatoms. The van der Waals surface area contributed by atoms with Crippen molar-refractivity contribution in [1.29, 1.82) is 5.26 Å². The lowest BCUT2D eigenvalue weighted by Crippen LogP contribution is -2.50. The molecule has 0 radical (unpaired) electrons. The van der Waals surface area contributed by atoms with Crippen LogP contribution in [0.25, 0.3) is 0 Å². The molecule has 102 valence electrons. The first-order valence-electron chi connectivity index (χ1n) is 7.14. The van der Waals surface area contributed by atoms with Crippen molar-refractivity contribution in [3.8, 4) is 6.07 Å². The van der Waals surface area contributed by atoms with Gasteiger partial charge >= 0.3 is 0 Å². The summed E-state index contributed by atoms with van der Waals surface area (Å²) in [5, 5.41) is 12.8. The molecule has 0 aromatic heterocycles. The van der Waals surface area contributed by atoms with Crippen molar-refractivity contribution in [3.63, 3.8) is 0 Å². The van der Waals surface area contributed by atoms with Gasteiger partial charge in [-0.25, -0.2) is 0 Å². The van der Waals surface area contributed by atoms with Gasteiger partial charge < -0.3 is 4.74 Å². The average molecular weight is 251 g/mol. The highest BCUT2D eigenvalue weighted by Crippen LogP contribution is 2.33. The first kappa shape index (κ1) is 13.8. The maximum Gasteiger partial charge on any atom is 0.108 e. The number of hydrogen-bond acceptors (Lipinski definition) is 4. The minimum absolute atomic E-state index is 0.288. The molecule has 0 spiro atoms. The van der Waals surface area contributed by atoms with Crippen LogP contribution in [0, 0.1) is 11.3 Å². The summed E-state index contributed by atoms with van der Waals surface area (Å²) in [4.78, 5) is 2.52. The third kappa shape index (κ3) is 2.85. The Morgan fingerprint density at radius 2 is 2.06 bits per heavy atom. The Morgan fingerprint density at radius 1 is 1.39 bits per heavy atom. The van der Waals surface area contributed by atoms with Gasteiger partial charge in [0.05, 0.1) is 18.3 Å². The summed E-state index contributed by atoms with van der Waals surface area (Å²) >= 11 is 0. The smallest absolute Gasteiger partial charge is 0.108 e. The van der Waals surface area contributed by atoms with Gasteiger partial charge in [0.25, 0.3) is 0 Å². The maximum absolute atomic E-state index is 9.41. The highest BCUT2D eigenvalue weighted by molar-refractivity contribution is 5.13. The molecule has 0 aromatic rings. The van der Waals surface area contributed by atoms with Crippen molar-refractivity contribution < 1.29 is 4.74 Å². The van der Waals surface area contributed by atoms with E-state index in [0.29, 0.717) is 18.2 Å². The molecule has 2 aliphatic rings. The van der Waals surface area contributed by atoms with Crippen molar-refractivity contribution in [3.05, 3.63) is 0 Å². The van der Waals surface area contributed by atoms with E-state index in [1.807, 2.05) is 0 Å². The van der Waals surface area contributed by atoms with Crippen molar-refractivity contribution in [2.45, 2.75) is 63.8 Å². The van der Waals surface area contributed by atoms with E-state index in [1.54, 1.807) is 0 Å². The van der Waals surface area contributed by atoms with Crippen molar-refractivity contribution in [2.75, 3.05) is 19.6 Å². The van der Waals surface area contributed by atoms with E-state index in [2.05, 4.69) is 37.1 Å². The highest BCUT2D eigenvalue weighted by atomic mass is 16.5. The number of morpholine rings is 1. The zero-order valence-electron chi connectivity index (χ0n) is 11.8. The fraction of sp³-hybridized carbons (Fsp3) is 0.929. The second-order valence-electron chi connectivity index (χ2n) is 5.83. The second-order valence-corrected chi connectivity index (χ2v) is 5.83. The molecule has 1 N–H and O–H groups in total. The summed E-state index contributed by atoms with van der Waals surface area (Å²) < 4.78 is 5.78. The summed E-state index contributed by atoms with van der Waals surface area (Å²) in [6.45, 7) is 9.23. The predicted octanol–water partition coefficient (Wildman–Crippen LogP) is 1.52. The van der Waals surface area contributed by atoms with Crippen LogP contribution in [0.1, 0.15) is 40.0 Å². The number of nitrogens with zero attached hydrogens (tertiary/aromatic N) is 2. The molecule has 1 saturated heterocycles. The number of nitrogens with one attached hydrogen (secondary N) is 1. The highest BCUT2D eigenvalue weighted by Gasteiger charge is 2.42. The van der Waals surface area contributed by atoms with E-state index < -0.39 is 0 Å². The third-order valence-electron chi connectivity index (χ3n) is 4.18. The summed E-state index contributed by atoms with van der Waals surface area (Å²) in [5.74, 6) is 0. The Kier molecular flexibility index (Phi) is 4.26. The van der Waals surface area contributed by atoms with Gasteiger partial charge in [-0.3, -0.25) is 10.2 Å². The molecule has 1 saturated carbocycles. The largest absolute Gasteiger partial charge is 0.373 e. The van der Waals surface area contributed by atoms with Crippen LogP contribution in [-0.4, -0.2) is 48.3 Å². The molecule has 4 atom stereocenters. The number of ether oxygens (including phenoxy) is 1. The molecule has 2 fully saturated rings. The van der Waals surface area contributed by atoms with Crippen molar-refractivity contribution in [1.82, 2.24) is 10.2 Å². The van der Waals surface area contributed by atoms with Crippen LogP contribution in [0.3, 0.4) is 0 Å². The van der Waals surface area contributed by atoms with Crippen LogP contribution in [0.2, 0.25) is 0 Å². The summed E-state index contributed by atoms with van der Waals surface area (Å²) in [7, 11) is 0. The fourth-order valence-corrected chi connectivity index (χ4v) is 3.49. The van der Waals surface area contributed by atoms with Crippen LogP contribution in [-0.2, 0) is 4.74 Å². The lowest BCUT2D eigenvalue weighted by Gasteiger charge is -2.39. The summed E-state index contributed by atoms with van der Waals surface area (Å²) in [5.41, 5.74) is -0.288. The topological polar surface area (TPSA) is 48.3 Å². The molecule has 0 aromatic carbocycles. The summed E-state index contributed by atoms with van der Waals surface area (Å²) in [6.07, 6.45) is 3.67. The quantitative estimate of drug-likeness (QED) is 0.826. The first-order valence-corrected chi connectivity index (χ1v) is 7.14. The van der Waals surface area contributed by atoms with Crippen LogP contribution in [0.4, 0.5) is 0 Å². The number of hydrogen-bond donors (Lipinski definition) is 1. The van der Waals surface area contributed by atoms with Gasteiger partial charge in [-0.1, -0.05) is 6.92 Å². The van der Waals surface area contributed by atoms with Crippen LogP contribution < -0.4 is 5.32 Å². The standard InChI is InChI=1S/C14H25N3O/c1-4-16-14(10-15)6-5-13(7-14)17-8-11(2)18-12(3)9-17/h11-13,16H,4-9H2,1-3H3/t11-,12+,13?,14?. The Hall–Kier alpha value is -0.630. The maximum atomic E-state index is 9.41. The Bertz CT molecular complexity index is 317. The minimum Gasteiger partial charge on any atom is -0.373 e. The average Bonchev–Trinajstić information content (AvgIpc) is 2.73. The van der Waals surface area contributed by atoms with Gasteiger partial charge in [0.2, 0.25) is 0 Å². The normalized spacial score (nSPS) is 41.8. The third-order valence-corrected chi connectivity index (χ3v) is 4.18. The Morgan fingerprint density at radius 3 is 2.61 bits per heavy atom. The molecule has 1 heterocycles. The van der Waals surface area contributed by atoms with Gasteiger partial charge in [-0.2, -0.15) is 5.26 Å². The molecule has 4 nitrogen and oxygen atoms in total. The minimum atomic E-state index is -0.288. The predicted molar refractivity (Wildman–Crippen MR) is 71.2 cm³/mol. The Balaban J connectivity index is 1.98. The van der Waals surface area contributed by atoms with Crippen LogP contribution in [0.5, 0.6) is 0 Å². The lowest BCUT2D eigenvalue weighted by atomic mass is 9.99. The molecule has 0 bridgehead atoms. The number of rotatable bonds is 3. The van der Waals surface area contributed by atoms with Gasteiger partial charge in [0.1, 0.15) is 5.54 Å². The first-order chi connectivity index (χ1) is 8.58. The van der Waals surface area contributed by atoms with E-state index in [0.717, 1.165) is 38.9 Å². The fourth-order valence-electron chi connectivity index (χ4n) is 3.49. The number of nitriles is 1. The van der Waals surface area contributed by atoms with Crippen LogP contribution >= 0.6 is 0 Å². The van der Waals surface area contributed by atoms with Gasteiger partial charge in [0.15, 0.2) is 0 Å². The molecule has 1 aliphatic carbocycles. The molecular formula is C14H25N3O. The van der Waals surface area contributed by atoms with E-state index in [4.69, 9.17) is 4.74 Å². The molecule has 18 heavy (non-hydrogen) atoms.